The highest BCUT2D eigenvalue weighted by Crippen LogP contribution is 2.31. The molecule has 0 aliphatic carbocycles. The van der Waals surface area contributed by atoms with Crippen LogP contribution in [0.1, 0.15) is 27.2 Å². The third kappa shape index (κ3) is 4.23. The largest absolute Gasteiger partial charge is 0.416 e. The van der Waals surface area contributed by atoms with Gasteiger partial charge in [0.2, 0.25) is 0 Å². The van der Waals surface area contributed by atoms with Gasteiger partial charge in [-0.3, -0.25) is 4.79 Å². The second kappa shape index (κ2) is 7.85. The lowest BCUT2D eigenvalue weighted by Gasteiger charge is -2.09. The van der Waals surface area contributed by atoms with Crippen molar-refractivity contribution >= 4 is 23.7 Å². The van der Waals surface area contributed by atoms with Crippen molar-refractivity contribution in [3.63, 3.8) is 0 Å². The van der Waals surface area contributed by atoms with Crippen molar-refractivity contribution in [1.29, 1.82) is 0 Å². The molecule has 2 aromatic carbocycles. The molecule has 0 aliphatic heterocycles. The first-order chi connectivity index (χ1) is 13.3. The van der Waals surface area contributed by atoms with E-state index < -0.39 is 17.6 Å². The van der Waals surface area contributed by atoms with Crippen LogP contribution in [-0.4, -0.2) is 21.9 Å². The summed E-state index contributed by atoms with van der Waals surface area (Å²) in [7, 11) is 0. The van der Waals surface area contributed by atoms with Gasteiger partial charge in [-0.2, -0.15) is 23.4 Å². The fraction of sp³-hybridized carbons (Fsp3) is 0.105. The van der Waals surface area contributed by atoms with E-state index in [-0.39, 0.29) is 10.8 Å². The number of aryl methyl sites for hydroxylation is 1. The van der Waals surface area contributed by atoms with Crippen LogP contribution >= 0.6 is 11.6 Å². The Balaban J connectivity index is 1.84. The molecule has 5 nitrogen and oxygen atoms in total. The number of alkyl halides is 3. The monoisotopic (exact) mass is 406 g/mol. The summed E-state index contributed by atoms with van der Waals surface area (Å²) < 4.78 is 40.0. The zero-order valence-electron chi connectivity index (χ0n) is 14.5. The van der Waals surface area contributed by atoms with E-state index in [0.29, 0.717) is 16.8 Å². The molecule has 0 saturated heterocycles. The Labute approximate surface area is 163 Å². The predicted octanol–water partition coefficient (Wildman–Crippen LogP) is 4.62. The first-order valence-corrected chi connectivity index (χ1v) is 8.46. The van der Waals surface area contributed by atoms with E-state index in [1.807, 2.05) is 0 Å². The van der Waals surface area contributed by atoms with Gasteiger partial charge in [0, 0.05) is 5.56 Å². The van der Waals surface area contributed by atoms with Crippen molar-refractivity contribution in [2.75, 3.05) is 0 Å². The van der Waals surface area contributed by atoms with Gasteiger partial charge in [-0.15, -0.1) is 0 Å². The lowest BCUT2D eigenvalue weighted by molar-refractivity contribution is -0.137. The van der Waals surface area contributed by atoms with Crippen molar-refractivity contribution in [3.8, 4) is 5.69 Å². The number of carbonyl (C=O) groups is 1. The summed E-state index contributed by atoms with van der Waals surface area (Å²) in [5.41, 5.74) is 2.98. The minimum Gasteiger partial charge on any atom is -0.267 e. The van der Waals surface area contributed by atoms with Gasteiger partial charge in [0.15, 0.2) is 0 Å². The van der Waals surface area contributed by atoms with Crippen molar-refractivity contribution in [2.45, 2.75) is 13.1 Å². The number of nitrogens with zero attached hydrogens (tertiary/aromatic N) is 3. The average molecular weight is 407 g/mol. The molecule has 144 valence electrons. The summed E-state index contributed by atoms with van der Waals surface area (Å²) in [6.07, 6.45) is -3.17. The van der Waals surface area contributed by atoms with Gasteiger partial charge in [0.25, 0.3) is 5.91 Å². The van der Waals surface area contributed by atoms with Gasteiger partial charge < -0.3 is 0 Å². The van der Waals surface area contributed by atoms with Crippen LogP contribution in [0.3, 0.4) is 0 Å². The Morgan fingerprint density at radius 1 is 1.18 bits per heavy atom. The normalized spacial score (nSPS) is 11.8. The number of benzene rings is 2. The quantitative estimate of drug-likeness (QED) is 0.508. The minimum absolute atomic E-state index is 0.0783. The summed E-state index contributed by atoms with van der Waals surface area (Å²) in [6, 6.07) is 13.2. The minimum atomic E-state index is -4.48. The molecule has 0 atom stereocenters. The molecule has 0 fully saturated rings. The maximum absolute atomic E-state index is 12.9. The van der Waals surface area contributed by atoms with Crippen molar-refractivity contribution in [1.82, 2.24) is 15.2 Å². The lowest BCUT2D eigenvalue weighted by Crippen LogP contribution is -2.17. The molecule has 0 saturated carbocycles. The fourth-order valence-corrected chi connectivity index (χ4v) is 2.77. The molecule has 0 spiro atoms. The molecule has 1 amide bonds. The smallest absolute Gasteiger partial charge is 0.267 e. The van der Waals surface area contributed by atoms with Gasteiger partial charge in [0.05, 0.1) is 28.7 Å². The molecule has 1 heterocycles. The van der Waals surface area contributed by atoms with Crippen molar-refractivity contribution in [3.05, 3.63) is 82.1 Å². The van der Waals surface area contributed by atoms with Crippen LogP contribution in [-0.2, 0) is 6.18 Å². The SMILES string of the molecule is Cc1nn(-c2cccc(C(F)(F)F)c2)c(Cl)c1/C=N\NC(=O)c1ccccc1. The van der Waals surface area contributed by atoms with Crippen LogP contribution in [0.25, 0.3) is 5.69 Å². The Kier molecular flexibility index (Phi) is 5.51. The number of rotatable bonds is 4. The number of hydrogen-bond acceptors (Lipinski definition) is 3. The third-order valence-corrected chi connectivity index (χ3v) is 4.23. The topological polar surface area (TPSA) is 59.3 Å². The van der Waals surface area contributed by atoms with Gasteiger partial charge in [-0.05, 0) is 37.3 Å². The third-order valence-electron chi connectivity index (χ3n) is 3.86. The number of amides is 1. The number of hydrogen-bond donors (Lipinski definition) is 1. The van der Waals surface area contributed by atoms with Crippen molar-refractivity contribution in [2.24, 2.45) is 5.10 Å². The second-order valence-corrected chi connectivity index (χ2v) is 6.17. The molecule has 1 aromatic heterocycles. The average Bonchev–Trinajstić information content (AvgIpc) is 2.96. The van der Waals surface area contributed by atoms with Gasteiger partial charge >= 0.3 is 6.18 Å². The Hall–Kier alpha value is -3.13. The first-order valence-electron chi connectivity index (χ1n) is 8.08. The van der Waals surface area contributed by atoms with E-state index >= 15 is 0 Å². The standard InChI is InChI=1S/C19H14ClF3N4O/c1-12-16(11-24-25-18(28)13-6-3-2-4-7-13)17(20)27(26-12)15-9-5-8-14(10-15)19(21,22)23/h2-11H,1H3,(H,25,28)/b24-11-. The van der Waals surface area contributed by atoms with Gasteiger partial charge in [-0.1, -0.05) is 35.9 Å². The molecule has 0 unspecified atom stereocenters. The van der Waals surface area contributed by atoms with Crippen LogP contribution in [0.2, 0.25) is 5.15 Å². The molecule has 0 aliphatic rings. The first kappa shape index (κ1) is 19.6. The Morgan fingerprint density at radius 2 is 1.89 bits per heavy atom. The molecule has 9 heteroatoms. The molecule has 1 N–H and O–H groups in total. The van der Waals surface area contributed by atoms with E-state index in [2.05, 4.69) is 15.6 Å². The number of hydrazone groups is 1. The van der Waals surface area contributed by atoms with Gasteiger partial charge in [-0.25, -0.2) is 10.1 Å². The van der Waals surface area contributed by atoms with Crippen LogP contribution < -0.4 is 5.43 Å². The fourth-order valence-electron chi connectivity index (χ4n) is 2.45. The Morgan fingerprint density at radius 3 is 2.57 bits per heavy atom. The summed E-state index contributed by atoms with van der Waals surface area (Å²) in [5, 5.41) is 8.11. The van der Waals surface area contributed by atoms with Crippen LogP contribution in [0.5, 0.6) is 0 Å². The lowest BCUT2D eigenvalue weighted by atomic mass is 10.2. The van der Waals surface area contributed by atoms with Crippen molar-refractivity contribution < 1.29 is 18.0 Å². The molecule has 3 rings (SSSR count). The summed E-state index contributed by atoms with van der Waals surface area (Å²) >= 11 is 6.28. The zero-order chi connectivity index (χ0) is 20.3. The molecule has 0 radical (unpaired) electrons. The molecule has 0 bridgehead atoms. The van der Waals surface area contributed by atoms with E-state index in [9.17, 15) is 18.0 Å². The highest BCUT2D eigenvalue weighted by molar-refractivity contribution is 6.32. The summed E-state index contributed by atoms with van der Waals surface area (Å²) in [6.45, 7) is 1.64. The second-order valence-electron chi connectivity index (χ2n) is 5.81. The van der Waals surface area contributed by atoms with Crippen LogP contribution in [0.15, 0.2) is 59.7 Å². The van der Waals surface area contributed by atoms with E-state index in [4.69, 9.17) is 11.6 Å². The van der Waals surface area contributed by atoms with Crippen LogP contribution in [0, 0.1) is 6.92 Å². The summed E-state index contributed by atoms with van der Waals surface area (Å²) in [4.78, 5) is 12.0. The predicted molar refractivity (Wildman–Crippen MR) is 99.8 cm³/mol. The maximum atomic E-state index is 12.9. The van der Waals surface area contributed by atoms with E-state index in [1.165, 1.54) is 23.0 Å². The highest BCUT2D eigenvalue weighted by atomic mass is 35.5. The van der Waals surface area contributed by atoms with Crippen LogP contribution in [0.4, 0.5) is 13.2 Å². The molecule has 3 aromatic rings. The molecular formula is C19H14ClF3N4O. The number of carbonyl (C=O) groups excluding carboxylic acids is 1. The van der Waals surface area contributed by atoms with Gasteiger partial charge in [0.1, 0.15) is 5.15 Å². The van der Waals surface area contributed by atoms with E-state index in [0.717, 1.165) is 12.1 Å². The molecule has 28 heavy (non-hydrogen) atoms. The highest BCUT2D eigenvalue weighted by Gasteiger charge is 2.30. The number of aromatic nitrogens is 2. The van der Waals surface area contributed by atoms with E-state index in [1.54, 1.807) is 37.3 Å². The molecular weight excluding hydrogens is 393 g/mol. The summed E-state index contributed by atoms with van der Waals surface area (Å²) in [5.74, 6) is -0.407. The number of nitrogens with one attached hydrogen (secondary N) is 1. The number of halogens is 4. The Bertz CT molecular complexity index is 1030. The zero-order valence-corrected chi connectivity index (χ0v) is 15.3. The maximum Gasteiger partial charge on any atom is 0.416 e.